The van der Waals surface area contributed by atoms with E-state index in [1.165, 1.54) is 0 Å². The average molecular weight is 507 g/mol. The van der Waals surface area contributed by atoms with Crippen molar-refractivity contribution in [1.82, 2.24) is 14.9 Å². The van der Waals surface area contributed by atoms with Crippen molar-refractivity contribution in [2.75, 3.05) is 33.1 Å². The van der Waals surface area contributed by atoms with E-state index in [4.69, 9.17) is 14.6 Å². The molecule has 2 N–H and O–H groups in total. The zero-order valence-corrected chi connectivity index (χ0v) is 21.8. The summed E-state index contributed by atoms with van der Waals surface area (Å²) < 4.78 is 10.9. The van der Waals surface area contributed by atoms with Crippen LogP contribution in [0, 0.1) is 6.92 Å². The minimum absolute atomic E-state index is 0.00353. The predicted octanol–water partition coefficient (Wildman–Crippen LogP) is 5.37. The Morgan fingerprint density at radius 3 is 2.56 bits per heavy atom. The summed E-state index contributed by atoms with van der Waals surface area (Å²) >= 11 is 1.71. The maximum absolute atomic E-state index is 11.1. The lowest BCUT2D eigenvalue weighted by atomic mass is 10.1. The lowest BCUT2D eigenvalue weighted by Crippen LogP contribution is -2.25. The summed E-state index contributed by atoms with van der Waals surface area (Å²) in [4.78, 5) is 24.4. The number of carboxylic acids is 1. The van der Waals surface area contributed by atoms with Crippen molar-refractivity contribution in [1.29, 1.82) is 0 Å². The molecular weight excluding hydrogens is 476 g/mol. The molecule has 9 heteroatoms. The predicted molar refractivity (Wildman–Crippen MR) is 143 cm³/mol. The van der Waals surface area contributed by atoms with Crippen LogP contribution in [0.25, 0.3) is 21.3 Å². The second-order valence-electron chi connectivity index (χ2n) is 8.63. The van der Waals surface area contributed by atoms with Crippen LogP contribution in [-0.2, 0) is 11.3 Å². The molecule has 1 unspecified atom stereocenters. The standard InChI is InChI=1S/C27H30N4O4S/c1-16(28-27-20-12-22(34-4)23(35-5)13-21(20)29-17(2)30-27)24-10-11-25(36-24)19-9-7-6-8-18(19)14-31(3)15-26(32)33/h6-13,16H,14-15H2,1-5H3,(H,32,33)(H,28,29,30). The summed E-state index contributed by atoms with van der Waals surface area (Å²) in [6.07, 6.45) is 0. The molecule has 2 heterocycles. The summed E-state index contributed by atoms with van der Waals surface area (Å²) in [5.74, 6) is 1.80. The van der Waals surface area contributed by atoms with Crippen LogP contribution in [0.15, 0.2) is 48.5 Å². The number of methoxy groups -OCH3 is 2. The van der Waals surface area contributed by atoms with E-state index in [0.29, 0.717) is 23.9 Å². The first-order valence-electron chi connectivity index (χ1n) is 11.5. The number of likely N-dealkylation sites (N-methyl/N-ethyl adjacent to an activating group) is 1. The molecule has 2 aromatic carbocycles. The van der Waals surface area contributed by atoms with Gasteiger partial charge in [-0.15, -0.1) is 11.3 Å². The fraction of sp³-hybridized carbons (Fsp3) is 0.296. The minimum atomic E-state index is -0.836. The Bertz CT molecular complexity index is 1390. The van der Waals surface area contributed by atoms with Crippen molar-refractivity contribution in [2.24, 2.45) is 0 Å². The number of aliphatic carboxylic acids is 1. The van der Waals surface area contributed by atoms with Gasteiger partial charge in [0, 0.05) is 27.8 Å². The van der Waals surface area contributed by atoms with Crippen molar-refractivity contribution in [3.63, 3.8) is 0 Å². The van der Waals surface area contributed by atoms with Crippen LogP contribution < -0.4 is 14.8 Å². The van der Waals surface area contributed by atoms with Crippen LogP contribution in [0.2, 0.25) is 0 Å². The van der Waals surface area contributed by atoms with Crippen LogP contribution >= 0.6 is 11.3 Å². The Morgan fingerprint density at radius 1 is 1.11 bits per heavy atom. The van der Waals surface area contributed by atoms with Crippen molar-refractivity contribution in [3.05, 3.63) is 64.8 Å². The highest BCUT2D eigenvalue weighted by molar-refractivity contribution is 7.15. The number of ether oxygens (including phenoxy) is 2. The third-order valence-electron chi connectivity index (χ3n) is 5.85. The molecule has 8 nitrogen and oxygen atoms in total. The number of rotatable bonds is 10. The number of nitrogens with one attached hydrogen (secondary N) is 1. The zero-order valence-electron chi connectivity index (χ0n) is 21.0. The van der Waals surface area contributed by atoms with E-state index in [9.17, 15) is 4.79 Å². The number of nitrogens with zero attached hydrogens (tertiary/aromatic N) is 3. The van der Waals surface area contributed by atoms with Gasteiger partial charge < -0.3 is 19.9 Å². The largest absolute Gasteiger partial charge is 0.493 e. The van der Waals surface area contributed by atoms with Crippen LogP contribution in [0.4, 0.5) is 5.82 Å². The number of carbonyl (C=O) groups is 1. The molecule has 1 atom stereocenters. The number of hydrogen-bond acceptors (Lipinski definition) is 8. The molecular formula is C27H30N4O4S. The van der Waals surface area contributed by atoms with Gasteiger partial charge in [0.15, 0.2) is 11.5 Å². The van der Waals surface area contributed by atoms with E-state index in [0.717, 1.165) is 37.6 Å². The number of anilines is 1. The van der Waals surface area contributed by atoms with E-state index in [1.807, 2.05) is 44.3 Å². The molecule has 0 amide bonds. The summed E-state index contributed by atoms with van der Waals surface area (Å²) in [5.41, 5.74) is 2.98. The van der Waals surface area contributed by atoms with Gasteiger partial charge in [-0.3, -0.25) is 9.69 Å². The highest BCUT2D eigenvalue weighted by Gasteiger charge is 2.17. The van der Waals surface area contributed by atoms with E-state index >= 15 is 0 Å². The SMILES string of the molecule is COc1cc2nc(C)nc(NC(C)c3ccc(-c4ccccc4CN(C)CC(=O)O)s3)c2cc1OC. The van der Waals surface area contributed by atoms with E-state index in [-0.39, 0.29) is 12.6 Å². The lowest BCUT2D eigenvalue weighted by Gasteiger charge is -2.17. The molecule has 2 aromatic heterocycles. The van der Waals surface area contributed by atoms with Gasteiger partial charge in [-0.1, -0.05) is 24.3 Å². The molecule has 0 bridgehead atoms. The van der Waals surface area contributed by atoms with Crippen molar-refractivity contribution in [2.45, 2.75) is 26.4 Å². The highest BCUT2D eigenvalue weighted by atomic mass is 32.1. The molecule has 0 aliphatic rings. The number of thiophene rings is 1. The Kier molecular flexibility index (Phi) is 7.71. The lowest BCUT2D eigenvalue weighted by molar-refractivity contribution is -0.138. The summed E-state index contributed by atoms with van der Waals surface area (Å²) in [5, 5.41) is 13.5. The molecule has 0 fully saturated rings. The van der Waals surface area contributed by atoms with Crippen LogP contribution in [0.1, 0.15) is 29.2 Å². The second-order valence-corrected chi connectivity index (χ2v) is 9.75. The van der Waals surface area contributed by atoms with Gasteiger partial charge in [-0.25, -0.2) is 9.97 Å². The minimum Gasteiger partial charge on any atom is -0.493 e. The molecule has 188 valence electrons. The molecule has 4 rings (SSSR count). The Labute approximate surface area is 214 Å². The van der Waals surface area contributed by atoms with Gasteiger partial charge in [-0.2, -0.15) is 0 Å². The number of aryl methyl sites for hydroxylation is 1. The monoisotopic (exact) mass is 506 g/mol. The van der Waals surface area contributed by atoms with Gasteiger partial charge in [0.25, 0.3) is 0 Å². The maximum atomic E-state index is 11.1. The Morgan fingerprint density at radius 2 is 1.83 bits per heavy atom. The fourth-order valence-electron chi connectivity index (χ4n) is 4.16. The molecule has 0 aliphatic heterocycles. The second kappa shape index (κ2) is 10.9. The number of hydrogen-bond donors (Lipinski definition) is 2. The first-order valence-corrected chi connectivity index (χ1v) is 12.4. The van der Waals surface area contributed by atoms with Gasteiger partial charge >= 0.3 is 5.97 Å². The zero-order chi connectivity index (χ0) is 25.8. The highest BCUT2D eigenvalue weighted by Crippen LogP contribution is 2.37. The van der Waals surface area contributed by atoms with Gasteiger partial charge in [0.1, 0.15) is 11.6 Å². The van der Waals surface area contributed by atoms with Crippen molar-refractivity contribution >= 4 is 34.0 Å². The van der Waals surface area contributed by atoms with Gasteiger partial charge in [0.05, 0.1) is 32.3 Å². The van der Waals surface area contributed by atoms with Crippen molar-refractivity contribution in [3.8, 4) is 21.9 Å². The molecule has 0 radical (unpaired) electrons. The number of fused-ring (bicyclic) bond motifs is 1. The Balaban J connectivity index is 1.61. The number of carboxylic acid groups (broad SMARTS) is 1. The molecule has 0 saturated carbocycles. The first-order chi connectivity index (χ1) is 17.3. The summed E-state index contributed by atoms with van der Waals surface area (Å²) in [6, 6.07) is 16.1. The van der Waals surface area contributed by atoms with Crippen LogP contribution in [0.5, 0.6) is 11.5 Å². The van der Waals surface area contributed by atoms with Crippen LogP contribution in [-0.4, -0.2) is 53.8 Å². The fourth-order valence-corrected chi connectivity index (χ4v) is 5.24. The number of benzene rings is 2. The summed E-state index contributed by atoms with van der Waals surface area (Å²) in [7, 11) is 5.03. The third-order valence-corrected chi connectivity index (χ3v) is 7.15. The van der Waals surface area contributed by atoms with Crippen LogP contribution in [0.3, 0.4) is 0 Å². The van der Waals surface area contributed by atoms with Gasteiger partial charge in [-0.05, 0) is 50.2 Å². The van der Waals surface area contributed by atoms with E-state index in [2.05, 4.69) is 40.4 Å². The molecule has 0 aliphatic carbocycles. The summed E-state index contributed by atoms with van der Waals surface area (Å²) in [6.45, 7) is 4.52. The molecule has 0 saturated heterocycles. The normalized spacial score (nSPS) is 12.1. The average Bonchev–Trinajstić information content (AvgIpc) is 3.33. The Hall–Kier alpha value is -3.69. The van der Waals surface area contributed by atoms with Gasteiger partial charge in [0.2, 0.25) is 0 Å². The number of aromatic nitrogens is 2. The molecule has 36 heavy (non-hydrogen) atoms. The van der Waals surface area contributed by atoms with E-state index < -0.39 is 5.97 Å². The third kappa shape index (κ3) is 5.58. The quantitative estimate of drug-likeness (QED) is 0.296. The van der Waals surface area contributed by atoms with E-state index in [1.54, 1.807) is 30.5 Å². The topological polar surface area (TPSA) is 96.8 Å². The molecule has 0 spiro atoms. The smallest absolute Gasteiger partial charge is 0.317 e. The molecule has 4 aromatic rings. The first kappa shape index (κ1) is 25.4. The van der Waals surface area contributed by atoms with Crippen molar-refractivity contribution < 1.29 is 19.4 Å². The maximum Gasteiger partial charge on any atom is 0.317 e.